The Bertz CT molecular complexity index is 1070. The van der Waals surface area contributed by atoms with Crippen molar-refractivity contribution < 1.29 is 14.5 Å². The van der Waals surface area contributed by atoms with E-state index in [2.05, 4.69) is 4.98 Å². The first-order valence-electron chi connectivity index (χ1n) is 11.1. The number of fused-ring (bicyclic) bond motifs is 1. The third-order valence-electron chi connectivity index (χ3n) is 6.94. The minimum atomic E-state index is -0.562. The first kappa shape index (κ1) is 21.8. The van der Waals surface area contributed by atoms with E-state index in [9.17, 15) is 19.2 Å². The largest absolute Gasteiger partial charge is 0.364 e. The standard InChI is InChI=1S/C21H29N5O4S/c22-19(29)21(25-9-2-1-3-10-25)7-12-24(13-8-21)16(27)5-4-11-26-18(28)17-15(6-14-31-17)23-20(26)30/h6,14H,1-5,7-13H2,(H2,22,29)(H,23,30)/p+1. The fraction of sp³-hybridized carbons (Fsp3) is 0.619. The van der Waals surface area contributed by atoms with Crippen LogP contribution in [0.3, 0.4) is 0 Å². The fourth-order valence-corrected chi connectivity index (χ4v) is 5.89. The molecule has 9 nitrogen and oxygen atoms in total. The SMILES string of the molecule is NC(=O)C1([NH+]2CCCCC2)CCN(C(=O)CCCn2c(=O)[nH]c3ccsc3c2=O)CC1. The molecule has 2 amide bonds. The molecule has 2 aliphatic heterocycles. The number of carbonyl (C=O) groups is 2. The Kier molecular flexibility index (Phi) is 6.29. The Morgan fingerprint density at radius 3 is 2.55 bits per heavy atom. The highest BCUT2D eigenvalue weighted by atomic mass is 32.1. The van der Waals surface area contributed by atoms with Crippen LogP contribution in [0.5, 0.6) is 0 Å². The number of carbonyl (C=O) groups excluding carboxylic acids is 2. The summed E-state index contributed by atoms with van der Waals surface area (Å²) in [7, 11) is 0. The summed E-state index contributed by atoms with van der Waals surface area (Å²) in [5, 5.41) is 1.77. The van der Waals surface area contributed by atoms with Crippen LogP contribution in [0, 0.1) is 0 Å². The number of piperidine rings is 2. The number of hydrogen-bond acceptors (Lipinski definition) is 5. The number of aromatic nitrogens is 2. The topological polar surface area (TPSA) is 123 Å². The lowest BCUT2D eigenvalue weighted by molar-refractivity contribution is -0.948. The van der Waals surface area contributed by atoms with E-state index in [0.29, 0.717) is 42.6 Å². The number of nitrogens with zero attached hydrogens (tertiary/aromatic N) is 2. The molecule has 10 heteroatoms. The Balaban J connectivity index is 1.34. The number of amides is 2. The van der Waals surface area contributed by atoms with E-state index in [4.69, 9.17) is 5.73 Å². The molecule has 0 radical (unpaired) electrons. The molecule has 4 rings (SSSR count). The van der Waals surface area contributed by atoms with E-state index in [1.807, 2.05) is 0 Å². The minimum absolute atomic E-state index is 0.00612. The lowest BCUT2D eigenvalue weighted by Crippen LogP contribution is -3.22. The number of primary amides is 1. The molecule has 4 N–H and O–H groups in total. The maximum Gasteiger partial charge on any atom is 0.328 e. The lowest BCUT2D eigenvalue weighted by atomic mass is 9.83. The molecule has 2 fully saturated rings. The highest BCUT2D eigenvalue weighted by molar-refractivity contribution is 7.17. The highest BCUT2D eigenvalue weighted by Crippen LogP contribution is 2.21. The van der Waals surface area contributed by atoms with Crippen LogP contribution in [0.1, 0.15) is 44.9 Å². The van der Waals surface area contributed by atoms with E-state index in [1.165, 1.54) is 27.2 Å². The number of rotatable bonds is 6. The quantitative estimate of drug-likeness (QED) is 0.549. The van der Waals surface area contributed by atoms with Crippen molar-refractivity contribution in [3.05, 3.63) is 32.3 Å². The molecule has 4 heterocycles. The second kappa shape index (κ2) is 8.96. The summed E-state index contributed by atoms with van der Waals surface area (Å²) in [5.41, 5.74) is 5.06. The van der Waals surface area contributed by atoms with Gasteiger partial charge in [-0.15, -0.1) is 11.3 Å². The normalized spacial score (nSPS) is 19.5. The maximum atomic E-state index is 12.7. The second-order valence-corrected chi connectivity index (χ2v) is 9.56. The monoisotopic (exact) mass is 448 g/mol. The van der Waals surface area contributed by atoms with Crippen LogP contribution < -0.4 is 21.9 Å². The van der Waals surface area contributed by atoms with Gasteiger partial charge in [-0.25, -0.2) is 4.79 Å². The van der Waals surface area contributed by atoms with E-state index in [-0.39, 0.29) is 30.3 Å². The van der Waals surface area contributed by atoms with Crippen molar-refractivity contribution in [1.82, 2.24) is 14.5 Å². The molecule has 2 saturated heterocycles. The van der Waals surface area contributed by atoms with E-state index in [0.717, 1.165) is 25.9 Å². The smallest absolute Gasteiger partial charge is 0.328 e. The van der Waals surface area contributed by atoms with Gasteiger partial charge in [-0.3, -0.25) is 19.0 Å². The van der Waals surface area contributed by atoms with Gasteiger partial charge in [-0.2, -0.15) is 0 Å². The molecule has 0 spiro atoms. The zero-order valence-electron chi connectivity index (χ0n) is 17.7. The number of H-pyrrole nitrogens is 1. The zero-order valence-corrected chi connectivity index (χ0v) is 18.5. The van der Waals surface area contributed by atoms with Gasteiger partial charge in [0.25, 0.3) is 11.5 Å². The van der Waals surface area contributed by atoms with Gasteiger partial charge in [-0.05, 0) is 37.1 Å². The van der Waals surface area contributed by atoms with Gasteiger partial charge in [0.1, 0.15) is 4.70 Å². The maximum absolute atomic E-state index is 12.7. The fourth-order valence-electron chi connectivity index (χ4n) is 5.09. The van der Waals surface area contributed by atoms with Gasteiger partial charge < -0.3 is 20.5 Å². The van der Waals surface area contributed by atoms with Gasteiger partial charge >= 0.3 is 5.69 Å². The number of aromatic amines is 1. The number of thiophene rings is 1. The molecular formula is C21H30N5O4S+. The van der Waals surface area contributed by atoms with E-state index >= 15 is 0 Å². The summed E-state index contributed by atoms with van der Waals surface area (Å²) in [5.74, 6) is -0.257. The molecule has 0 aliphatic carbocycles. The average Bonchev–Trinajstić information content (AvgIpc) is 3.25. The average molecular weight is 449 g/mol. The molecule has 0 atom stereocenters. The van der Waals surface area contributed by atoms with Gasteiger partial charge in [0.2, 0.25) is 5.91 Å². The van der Waals surface area contributed by atoms with Crippen LogP contribution in [-0.4, -0.2) is 58.0 Å². The summed E-state index contributed by atoms with van der Waals surface area (Å²) in [4.78, 5) is 55.5. The highest BCUT2D eigenvalue weighted by Gasteiger charge is 2.49. The Morgan fingerprint density at radius 1 is 1.16 bits per heavy atom. The summed E-state index contributed by atoms with van der Waals surface area (Å²) in [6.07, 6.45) is 5.29. The Hall–Kier alpha value is -2.46. The van der Waals surface area contributed by atoms with Crippen molar-refractivity contribution in [2.24, 2.45) is 5.73 Å². The molecule has 0 saturated carbocycles. The van der Waals surface area contributed by atoms with Crippen LogP contribution >= 0.6 is 11.3 Å². The van der Waals surface area contributed by atoms with Crippen LogP contribution in [0.2, 0.25) is 0 Å². The molecular weight excluding hydrogens is 418 g/mol. The zero-order chi connectivity index (χ0) is 22.0. The van der Waals surface area contributed by atoms with Gasteiger partial charge in [-0.1, -0.05) is 0 Å². The number of hydrogen-bond donors (Lipinski definition) is 3. The first-order valence-corrected chi connectivity index (χ1v) is 11.9. The second-order valence-electron chi connectivity index (χ2n) is 8.65. The van der Waals surface area contributed by atoms with E-state index in [1.54, 1.807) is 16.3 Å². The molecule has 168 valence electrons. The van der Waals surface area contributed by atoms with Crippen molar-refractivity contribution in [3.63, 3.8) is 0 Å². The molecule has 2 aromatic rings. The van der Waals surface area contributed by atoms with Crippen molar-refractivity contribution in [1.29, 1.82) is 0 Å². The third kappa shape index (κ3) is 4.18. The summed E-state index contributed by atoms with van der Waals surface area (Å²) in [6, 6.07) is 1.71. The molecule has 0 aromatic carbocycles. The molecule has 0 bridgehead atoms. The third-order valence-corrected chi connectivity index (χ3v) is 7.84. The van der Waals surface area contributed by atoms with Gasteiger partial charge in [0.05, 0.1) is 18.6 Å². The predicted octanol–water partition coefficient (Wildman–Crippen LogP) is -0.553. The van der Waals surface area contributed by atoms with Crippen LogP contribution in [0.15, 0.2) is 21.0 Å². The van der Waals surface area contributed by atoms with Crippen LogP contribution in [0.25, 0.3) is 10.2 Å². The lowest BCUT2D eigenvalue weighted by Gasteiger charge is -2.45. The molecule has 2 aliphatic rings. The van der Waals surface area contributed by atoms with Crippen molar-refractivity contribution in [3.8, 4) is 0 Å². The summed E-state index contributed by atoms with van der Waals surface area (Å²) < 4.78 is 1.69. The van der Waals surface area contributed by atoms with Crippen molar-refractivity contribution in [2.75, 3.05) is 26.2 Å². The van der Waals surface area contributed by atoms with Crippen LogP contribution in [-0.2, 0) is 16.1 Å². The number of quaternary nitrogens is 1. The van der Waals surface area contributed by atoms with Gasteiger partial charge in [0.15, 0.2) is 5.54 Å². The predicted molar refractivity (Wildman–Crippen MR) is 118 cm³/mol. The van der Waals surface area contributed by atoms with Crippen LogP contribution in [0.4, 0.5) is 0 Å². The first-order chi connectivity index (χ1) is 14.9. The summed E-state index contributed by atoms with van der Waals surface area (Å²) in [6.45, 7) is 3.17. The number of nitrogens with two attached hydrogens (primary N) is 1. The minimum Gasteiger partial charge on any atom is -0.364 e. The number of nitrogens with one attached hydrogen (secondary N) is 2. The van der Waals surface area contributed by atoms with E-state index < -0.39 is 11.2 Å². The Labute approximate surface area is 183 Å². The van der Waals surface area contributed by atoms with Gasteiger partial charge in [0, 0.05) is 38.9 Å². The molecule has 2 aromatic heterocycles. The Morgan fingerprint density at radius 2 is 1.87 bits per heavy atom. The molecule has 0 unspecified atom stereocenters. The molecule has 31 heavy (non-hydrogen) atoms. The van der Waals surface area contributed by atoms with Crippen molar-refractivity contribution in [2.45, 2.75) is 57.0 Å². The van der Waals surface area contributed by atoms with Crippen molar-refractivity contribution >= 4 is 33.4 Å². The summed E-state index contributed by atoms with van der Waals surface area (Å²) >= 11 is 1.29. The number of likely N-dealkylation sites (tertiary alicyclic amines) is 2.